The molecule has 0 atom stereocenters. The zero-order valence-corrected chi connectivity index (χ0v) is 20.6. The first kappa shape index (κ1) is 24.3. The molecule has 0 saturated heterocycles. The second-order valence-electron chi connectivity index (χ2n) is 8.60. The van der Waals surface area contributed by atoms with E-state index in [0.717, 1.165) is 30.6 Å². The highest BCUT2D eigenvalue weighted by Gasteiger charge is 2.18. The monoisotopic (exact) mass is 458 g/mol. The van der Waals surface area contributed by atoms with Crippen LogP contribution in [0.5, 0.6) is 5.75 Å². The number of unbranched alkanes of at least 4 members (excludes halogenated alkanes) is 2. The summed E-state index contributed by atoms with van der Waals surface area (Å²) < 4.78 is 6.40. The van der Waals surface area contributed by atoms with Crippen LogP contribution < -0.4 is 4.74 Å². The van der Waals surface area contributed by atoms with Crippen LogP contribution in [0.1, 0.15) is 54.9 Å². The van der Waals surface area contributed by atoms with Crippen molar-refractivity contribution in [2.75, 3.05) is 6.61 Å². The van der Waals surface area contributed by atoms with E-state index in [1.807, 2.05) is 0 Å². The molecule has 176 valence electrons. The van der Waals surface area contributed by atoms with Crippen LogP contribution in [0.25, 0.3) is 11.1 Å². The lowest BCUT2D eigenvalue weighted by Gasteiger charge is -2.20. The van der Waals surface area contributed by atoms with Crippen molar-refractivity contribution in [1.29, 1.82) is 0 Å². The summed E-state index contributed by atoms with van der Waals surface area (Å²) in [6.07, 6.45) is 8.94. The SMILES string of the molecule is CCCC=CCCCOc1ccccc1C(=C(c1ccccc1)c1ccccc1)c1ccccc1. The first-order valence-electron chi connectivity index (χ1n) is 12.7. The summed E-state index contributed by atoms with van der Waals surface area (Å²) in [4.78, 5) is 0. The summed E-state index contributed by atoms with van der Waals surface area (Å²) >= 11 is 0. The number of ether oxygens (including phenoxy) is 1. The van der Waals surface area contributed by atoms with Crippen molar-refractivity contribution in [1.82, 2.24) is 0 Å². The first-order valence-corrected chi connectivity index (χ1v) is 12.7. The molecule has 0 unspecified atom stereocenters. The van der Waals surface area contributed by atoms with Crippen LogP contribution in [-0.2, 0) is 0 Å². The molecule has 0 amide bonds. The van der Waals surface area contributed by atoms with Crippen molar-refractivity contribution in [3.8, 4) is 5.75 Å². The van der Waals surface area contributed by atoms with Crippen LogP contribution in [0.15, 0.2) is 127 Å². The second-order valence-corrected chi connectivity index (χ2v) is 8.60. The van der Waals surface area contributed by atoms with Crippen LogP contribution in [0.2, 0.25) is 0 Å². The van der Waals surface area contributed by atoms with Crippen molar-refractivity contribution < 1.29 is 4.74 Å². The standard InChI is InChI=1S/C34H34O/c1-2-3-4-5-6-18-27-35-32-26-17-16-25-31(32)34(30-23-14-9-15-24-30)33(28-19-10-7-11-20-28)29-21-12-8-13-22-29/h4-5,7-17,19-26H,2-3,6,18,27H2,1H3. The number of hydrogen-bond donors (Lipinski definition) is 0. The number of benzene rings is 4. The van der Waals surface area contributed by atoms with Gasteiger partial charge in [0.1, 0.15) is 5.75 Å². The van der Waals surface area contributed by atoms with Crippen molar-refractivity contribution in [3.05, 3.63) is 150 Å². The molecule has 1 heteroatoms. The molecule has 0 aromatic heterocycles. The molecule has 0 aliphatic carbocycles. The molecule has 4 rings (SSSR count). The van der Waals surface area contributed by atoms with E-state index in [1.54, 1.807) is 0 Å². The summed E-state index contributed by atoms with van der Waals surface area (Å²) in [6.45, 7) is 2.91. The van der Waals surface area contributed by atoms with E-state index < -0.39 is 0 Å². The third-order valence-corrected chi connectivity index (χ3v) is 5.99. The van der Waals surface area contributed by atoms with E-state index in [2.05, 4.69) is 134 Å². The molecule has 0 radical (unpaired) electrons. The minimum absolute atomic E-state index is 0.696. The normalized spacial score (nSPS) is 10.9. The molecule has 4 aromatic carbocycles. The minimum Gasteiger partial charge on any atom is -0.493 e. The zero-order valence-electron chi connectivity index (χ0n) is 20.6. The smallest absolute Gasteiger partial charge is 0.127 e. The van der Waals surface area contributed by atoms with E-state index in [4.69, 9.17) is 4.74 Å². The summed E-state index contributed by atoms with van der Waals surface area (Å²) in [5.41, 5.74) is 7.05. The Labute approximate surface area is 210 Å². The summed E-state index contributed by atoms with van der Waals surface area (Å²) in [5.74, 6) is 0.924. The van der Waals surface area contributed by atoms with Gasteiger partial charge < -0.3 is 4.74 Å². The van der Waals surface area contributed by atoms with E-state index in [0.29, 0.717) is 6.61 Å². The topological polar surface area (TPSA) is 9.23 Å². The number of hydrogen-bond acceptors (Lipinski definition) is 1. The predicted octanol–water partition coefficient (Wildman–Crippen LogP) is 9.21. The van der Waals surface area contributed by atoms with Gasteiger partial charge in [0.05, 0.1) is 6.61 Å². The largest absolute Gasteiger partial charge is 0.493 e. The van der Waals surface area contributed by atoms with Gasteiger partial charge in [0.25, 0.3) is 0 Å². The zero-order chi connectivity index (χ0) is 24.1. The molecule has 0 saturated carbocycles. The van der Waals surface area contributed by atoms with Crippen molar-refractivity contribution in [3.63, 3.8) is 0 Å². The molecule has 0 aliphatic rings. The molecule has 0 N–H and O–H groups in total. The molecule has 4 aromatic rings. The van der Waals surface area contributed by atoms with Gasteiger partial charge in [0, 0.05) is 11.1 Å². The Kier molecular flexibility index (Phi) is 9.13. The Balaban J connectivity index is 1.80. The lowest BCUT2D eigenvalue weighted by molar-refractivity contribution is 0.311. The Morgan fingerprint density at radius 2 is 1.06 bits per heavy atom. The molecular weight excluding hydrogens is 424 g/mol. The highest BCUT2D eigenvalue weighted by molar-refractivity contribution is 6.05. The minimum atomic E-state index is 0.696. The second kappa shape index (κ2) is 13.2. The summed E-state index contributed by atoms with van der Waals surface area (Å²) in [6, 6.07) is 40.4. The van der Waals surface area contributed by atoms with Gasteiger partial charge in [-0.25, -0.2) is 0 Å². The molecule has 0 spiro atoms. The fourth-order valence-electron chi connectivity index (χ4n) is 4.29. The summed E-state index contributed by atoms with van der Waals surface area (Å²) in [5, 5.41) is 0. The average Bonchev–Trinajstić information content (AvgIpc) is 2.93. The van der Waals surface area contributed by atoms with Crippen LogP contribution in [0.3, 0.4) is 0 Å². The molecule has 1 nitrogen and oxygen atoms in total. The highest BCUT2D eigenvalue weighted by atomic mass is 16.5. The third-order valence-electron chi connectivity index (χ3n) is 5.99. The molecule has 0 fully saturated rings. The molecular formula is C34H34O. The van der Waals surface area contributed by atoms with E-state index >= 15 is 0 Å². The van der Waals surface area contributed by atoms with Gasteiger partial charge in [-0.1, -0.05) is 135 Å². The van der Waals surface area contributed by atoms with Gasteiger partial charge in [-0.15, -0.1) is 0 Å². The van der Waals surface area contributed by atoms with E-state index in [9.17, 15) is 0 Å². The van der Waals surface area contributed by atoms with E-state index in [1.165, 1.54) is 34.3 Å². The quantitative estimate of drug-likeness (QED) is 0.124. The first-order chi connectivity index (χ1) is 17.4. The molecule has 0 aliphatic heterocycles. The van der Waals surface area contributed by atoms with Crippen LogP contribution in [0.4, 0.5) is 0 Å². The van der Waals surface area contributed by atoms with Crippen molar-refractivity contribution in [2.24, 2.45) is 0 Å². The Morgan fingerprint density at radius 3 is 1.63 bits per heavy atom. The van der Waals surface area contributed by atoms with Crippen LogP contribution in [-0.4, -0.2) is 6.61 Å². The van der Waals surface area contributed by atoms with E-state index in [-0.39, 0.29) is 0 Å². The van der Waals surface area contributed by atoms with Gasteiger partial charge >= 0.3 is 0 Å². The highest BCUT2D eigenvalue weighted by Crippen LogP contribution is 2.40. The lowest BCUT2D eigenvalue weighted by atomic mass is 9.85. The Bertz CT molecular complexity index is 1180. The number of para-hydroxylation sites is 1. The molecule has 0 heterocycles. The summed E-state index contributed by atoms with van der Waals surface area (Å²) in [7, 11) is 0. The van der Waals surface area contributed by atoms with Crippen molar-refractivity contribution >= 4 is 11.1 Å². The van der Waals surface area contributed by atoms with Gasteiger partial charge in [-0.2, -0.15) is 0 Å². The molecule has 35 heavy (non-hydrogen) atoms. The van der Waals surface area contributed by atoms with Crippen molar-refractivity contribution in [2.45, 2.75) is 32.6 Å². The average molecular weight is 459 g/mol. The maximum Gasteiger partial charge on any atom is 0.127 e. The fourth-order valence-corrected chi connectivity index (χ4v) is 4.29. The number of allylic oxidation sites excluding steroid dienone is 2. The lowest BCUT2D eigenvalue weighted by Crippen LogP contribution is -2.03. The van der Waals surface area contributed by atoms with Gasteiger partial charge in [0.15, 0.2) is 0 Å². The molecule has 0 bridgehead atoms. The predicted molar refractivity (Wildman–Crippen MR) is 150 cm³/mol. The van der Waals surface area contributed by atoms with Gasteiger partial charge in [-0.05, 0) is 47.6 Å². The van der Waals surface area contributed by atoms with Gasteiger partial charge in [0.2, 0.25) is 0 Å². The Morgan fingerprint density at radius 1 is 0.571 bits per heavy atom. The maximum atomic E-state index is 6.40. The maximum absolute atomic E-state index is 6.40. The fraction of sp³-hybridized carbons (Fsp3) is 0.176. The Hall–Kier alpha value is -3.84. The van der Waals surface area contributed by atoms with Gasteiger partial charge in [-0.3, -0.25) is 0 Å². The number of rotatable bonds is 11. The van der Waals surface area contributed by atoms with Crippen LogP contribution >= 0.6 is 0 Å². The third kappa shape index (κ3) is 6.61. The van der Waals surface area contributed by atoms with Crippen LogP contribution in [0, 0.1) is 0 Å².